The van der Waals surface area contributed by atoms with Crippen molar-refractivity contribution in [2.75, 3.05) is 20.7 Å². The van der Waals surface area contributed by atoms with Gasteiger partial charge in [-0.15, -0.1) is 0 Å². The highest BCUT2D eigenvalue weighted by Gasteiger charge is 2.49. The first-order chi connectivity index (χ1) is 19.1. The molecule has 4 N–H and O–H groups in total. The zero-order valence-electron chi connectivity index (χ0n) is 22.0. The Kier molecular flexibility index (Phi) is 6.72. The Bertz CT molecular complexity index is 1540. The quantitative estimate of drug-likeness (QED) is 0.338. The Balaban J connectivity index is 1.40. The van der Waals surface area contributed by atoms with Gasteiger partial charge in [-0.25, -0.2) is 9.59 Å². The SMILES string of the molecule is COc1ccc(C)c(C(=O)N(C)CC2(c3ccc(-c4ccc(C5NC(=O)NC5=O)cc4)cc3)NC(=O)NC2=O)c1. The van der Waals surface area contributed by atoms with Crippen LogP contribution >= 0.6 is 0 Å². The molecule has 0 aromatic heterocycles. The van der Waals surface area contributed by atoms with Crippen molar-refractivity contribution >= 4 is 29.8 Å². The number of methoxy groups -OCH3 is 1. The van der Waals surface area contributed by atoms with Crippen molar-refractivity contribution in [1.29, 1.82) is 0 Å². The summed E-state index contributed by atoms with van der Waals surface area (Å²) in [6.45, 7) is 1.70. The maximum absolute atomic E-state index is 13.4. The van der Waals surface area contributed by atoms with Crippen LogP contribution in [0.2, 0.25) is 0 Å². The standard InChI is InChI=1S/C29H27N5O6/c1-16-4-13-21(40-3)14-22(16)25(36)34(2)15-29(26(37)32-28(39)33-29)20-11-9-18(10-12-20)17-5-7-19(8-6-17)23-24(35)31-27(38)30-23/h4-14,23H,15H2,1-3H3,(H2,30,31,35,38)(H2,32,33,37,39). The van der Waals surface area contributed by atoms with E-state index in [1.807, 2.05) is 31.2 Å². The third-order valence-electron chi connectivity index (χ3n) is 7.17. The number of urea groups is 2. The van der Waals surface area contributed by atoms with Crippen LogP contribution in [0.1, 0.15) is 33.1 Å². The minimum absolute atomic E-state index is 0.108. The molecule has 0 bridgehead atoms. The lowest BCUT2D eigenvalue weighted by molar-refractivity contribution is -0.124. The van der Waals surface area contributed by atoms with Crippen LogP contribution in [0.5, 0.6) is 5.75 Å². The second-order valence-electron chi connectivity index (χ2n) is 9.75. The first-order valence-corrected chi connectivity index (χ1v) is 12.5. The fourth-order valence-corrected chi connectivity index (χ4v) is 4.96. The van der Waals surface area contributed by atoms with E-state index < -0.39 is 35.5 Å². The fraction of sp³-hybridized carbons (Fsp3) is 0.207. The summed E-state index contributed by atoms with van der Waals surface area (Å²) in [5, 5.41) is 9.80. The molecular weight excluding hydrogens is 514 g/mol. The van der Waals surface area contributed by atoms with E-state index in [0.717, 1.165) is 16.7 Å². The van der Waals surface area contributed by atoms with Gasteiger partial charge in [0, 0.05) is 12.6 Å². The number of imide groups is 2. The van der Waals surface area contributed by atoms with Gasteiger partial charge in [-0.05, 0) is 46.9 Å². The van der Waals surface area contributed by atoms with Crippen molar-refractivity contribution in [3.63, 3.8) is 0 Å². The van der Waals surface area contributed by atoms with Gasteiger partial charge in [0.25, 0.3) is 17.7 Å². The molecule has 7 amide bonds. The van der Waals surface area contributed by atoms with E-state index in [0.29, 0.717) is 22.4 Å². The largest absolute Gasteiger partial charge is 0.497 e. The van der Waals surface area contributed by atoms with Crippen LogP contribution in [0.15, 0.2) is 66.7 Å². The number of nitrogens with one attached hydrogen (secondary N) is 4. The number of hydrogen-bond donors (Lipinski definition) is 4. The van der Waals surface area contributed by atoms with E-state index in [2.05, 4.69) is 21.3 Å². The van der Waals surface area contributed by atoms with Crippen LogP contribution in [-0.4, -0.2) is 55.4 Å². The van der Waals surface area contributed by atoms with Crippen LogP contribution in [0, 0.1) is 6.92 Å². The van der Waals surface area contributed by atoms with Crippen molar-refractivity contribution in [2.24, 2.45) is 0 Å². The van der Waals surface area contributed by atoms with Gasteiger partial charge in [0.2, 0.25) is 0 Å². The van der Waals surface area contributed by atoms with E-state index in [4.69, 9.17) is 4.74 Å². The van der Waals surface area contributed by atoms with Crippen LogP contribution in [0.4, 0.5) is 9.59 Å². The second-order valence-corrected chi connectivity index (χ2v) is 9.75. The third kappa shape index (κ3) is 4.73. The van der Waals surface area contributed by atoms with Gasteiger partial charge in [-0.1, -0.05) is 54.6 Å². The van der Waals surface area contributed by atoms with Gasteiger partial charge in [-0.3, -0.25) is 25.0 Å². The predicted molar refractivity (Wildman–Crippen MR) is 144 cm³/mol. The molecular formula is C29H27N5O6. The lowest BCUT2D eigenvalue weighted by atomic mass is 9.87. The molecule has 3 aromatic rings. The lowest BCUT2D eigenvalue weighted by Crippen LogP contribution is -2.53. The monoisotopic (exact) mass is 541 g/mol. The number of ether oxygens (including phenoxy) is 1. The number of carbonyl (C=O) groups excluding carboxylic acids is 5. The molecule has 2 heterocycles. The number of hydrogen-bond acceptors (Lipinski definition) is 6. The van der Waals surface area contributed by atoms with Gasteiger partial charge in [0.15, 0.2) is 5.54 Å². The average molecular weight is 542 g/mol. The van der Waals surface area contributed by atoms with Gasteiger partial charge in [0.1, 0.15) is 11.8 Å². The Morgan fingerprint density at radius 3 is 2.10 bits per heavy atom. The molecule has 11 nitrogen and oxygen atoms in total. The second kappa shape index (κ2) is 10.2. The van der Waals surface area contributed by atoms with Crippen molar-refractivity contribution in [3.05, 3.63) is 89.0 Å². The molecule has 0 saturated carbocycles. The number of benzene rings is 3. The van der Waals surface area contributed by atoms with Crippen molar-refractivity contribution < 1.29 is 28.7 Å². The summed E-state index contributed by atoms with van der Waals surface area (Å²) in [6.07, 6.45) is 0. The molecule has 2 aliphatic heterocycles. The zero-order chi connectivity index (χ0) is 28.6. The highest BCUT2D eigenvalue weighted by Crippen LogP contribution is 2.30. The van der Waals surface area contributed by atoms with Crippen molar-refractivity contribution in [2.45, 2.75) is 18.5 Å². The number of rotatable bonds is 7. The van der Waals surface area contributed by atoms with Crippen LogP contribution in [-0.2, 0) is 15.1 Å². The summed E-state index contributed by atoms with van der Waals surface area (Å²) < 4.78 is 5.26. The Hall–Kier alpha value is -5.19. The normalized spacial score (nSPS) is 19.9. The number of nitrogens with zero attached hydrogens (tertiary/aromatic N) is 1. The molecule has 3 aromatic carbocycles. The summed E-state index contributed by atoms with van der Waals surface area (Å²) >= 11 is 0. The van der Waals surface area contributed by atoms with Gasteiger partial charge < -0.3 is 20.3 Å². The maximum atomic E-state index is 13.4. The first kappa shape index (κ1) is 26.4. The maximum Gasteiger partial charge on any atom is 0.322 e. The summed E-state index contributed by atoms with van der Waals surface area (Å²) in [7, 11) is 3.09. The number of aryl methyl sites for hydroxylation is 1. The zero-order valence-corrected chi connectivity index (χ0v) is 22.0. The van der Waals surface area contributed by atoms with Crippen molar-refractivity contribution in [3.8, 4) is 16.9 Å². The van der Waals surface area contributed by atoms with Crippen LogP contribution < -0.4 is 26.0 Å². The van der Waals surface area contributed by atoms with Crippen LogP contribution in [0.25, 0.3) is 11.1 Å². The molecule has 2 fully saturated rings. The Morgan fingerprint density at radius 2 is 1.55 bits per heavy atom. The number of amides is 7. The highest BCUT2D eigenvalue weighted by atomic mass is 16.5. The van der Waals surface area contributed by atoms with E-state index in [1.165, 1.54) is 12.0 Å². The summed E-state index contributed by atoms with van der Waals surface area (Å²) in [4.78, 5) is 63.5. The molecule has 0 radical (unpaired) electrons. The third-order valence-corrected chi connectivity index (χ3v) is 7.17. The van der Waals surface area contributed by atoms with Gasteiger partial charge in [-0.2, -0.15) is 0 Å². The molecule has 0 spiro atoms. The lowest BCUT2D eigenvalue weighted by Gasteiger charge is -2.32. The van der Waals surface area contributed by atoms with Crippen molar-refractivity contribution in [1.82, 2.24) is 26.2 Å². The minimum atomic E-state index is -1.50. The number of carbonyl (C=O) groups is 5. The predicted octanol–water partition coefficient (Wildman–Crippen LogP) is 2.36. The average Bonchev–Trinajstić information content (AvgIpc) is 3.44. The minimum Gasteiger partial charge on any atom is -0.497 e. The molecule has 2 saturated heterocycles. The number of likely N-dealkylation sites (N-methyl/N-ethyl adjacent to an activating group) is 1. The smallest absolute Gasteiger partial charge is 0.322 e. The molecule has 2 aliphatic rings. The summed E-state index contributed by atoms with van der Waals surface area (Å²) in [5.74, 6) is -0.764. The molecule has 40 heavy (non-hydrogen) atoms. The van der Waals surface area contributed by atoms with Crippen LogP contribution in [0.3, 0.4) is 0 Å². The summed E-state index contributed by atoms with van der Waals surface area (Å²) in [6, 6.07) is 17.5. The van der Waals surface area contributed by atoms with E-state index in [1.54, 1.807) is 49.5 Å². The van der Waals surface area contributed by atoms with Gasteiger partial charge in [0.05, 0.1) is 13.7 Å². The van der Waals surface area contributed by atoms with Gasteiger partial charge >= 0.3 is 12.1 Å². The molecule has 204 valence electrons. The molecule has 2 unspecified atom stereocenters. The highest BCUT2D eigenvalue weighted by molar-refractivity contribution is 6.08. The Labute approximate surface area is 229 Å². The van der Waals surface area contributed by atoms with E-state index >= 15 is 0 Å². The molecule has 11 heteroatoms. The topological polar surface area (TPSA) is 146 Å². The molecule has 5 rings (SSSR count). The van der Waals surface area contributed by atoms with E-state index in [9.17, 15) is 24.0 Å². The fourth-order valence-electron chi connectivity index (χ4n) is 4.96. The first-order valence-electron chi connectivity index (χ1n) is 12.5. The molecule has 0 aliphatic carbocycles. The van der Waals surface area contributed by atoms with E-state index in [-0.39, 0.29) is 12.5 Å². The Morgan fingerprint density at radius 1 is 0.900 bits per heavy atom. The summed E-state index contributed by atoms with van der Waals surface area (Å²) in [5.41, 5.74) is 2.50. The molecule has 2 atom stereocenters.